The SMILES string of the molecule is CCN(CCC(=O)c1ccc(Cl)cc1)Cc1ccccc1. The maximum absolute atomic E-state index is 12.2. The van der Waals surface area contributed by atoms with Gasteiger partial charge in [-0.05, 0) is 36.4 Å². The molecule has 0 amide bonds. The second kappa shape index (κ2) is 7.96. The average molecular weight is 302 g/mol. The largest absolute Gasteiger partial charge is 0.299 e. The van der Waals surface area contributed by atoms with E-state index in [1.54, 1.807) is 24.3 Å². The average Bonchev–Trinajstić information content (AvgIpc) is 2.52. The molecule has 0 N–H and O–H groups in total. The second-order valence-corrected chi connectivity index (χ2v) is 5.47. The molecule has 2 aromatic rings. The number of ketones is 1. The molecule has 0 aliphatic rings. The Morgan fingerprint density at radius 2 is 1.71 bits per heavy atom. The van der Waals surface area contributed by atoms with Crippen molar-refractivity contribution in [2.45, 2.75) is 19.9 Å². The van der Waals surface area contributed by atoms with Crippen molar-refractivity contribution in [2.24, 2.45) is 0 Å². The maximum atomic E-state index is 12.2. The molecule has 2 aromatic carbocycles. The Kier molecular flexibility index (Phi) is 5.97. The lowest BCUT2D eigenvalue weighted by atomic mass is 10.1. The summed E-state index contributed by atoms with van der Waals surface area (Å²) < 4.78 is 0. The predicted molar refractivity (Wildman–Crippen MR) is 87.8 cm³/mol. The smallest absolute Gasteiger partial charge is 0.164 e. The maximum Gasteiger partial charge on any atom is 0.164 e. The standard InChI is InChI=1S/C18H20ClNO/c1-2-20(14-15-6-4-3-5-7-15)13-12-18(21)16-8-10-17(19)11-9-16/h3-11H,2,12-14H2,1H3. The van der Waals surface area contributed by atoms with Crippen LogP contribution in [0.1, 0.15) is 29.3 Å². The van der Waals surface area contributed by atoms with E-state index in [9.17, 15) is 4.79 Å². The summed E-state index contributed by atoms with van der Waals surface area (Å²) in [6.07, 6.45) is 0.530. The van der Waals surface area contributed by atoms with Crippen LogP contribution in [0, 0.1) is 0 Å². The Hall–Kier alpha value is -1.64. The van der Waals surface area contributed by atoms with Crippen LogP contribution >= 0.6 is 11.6 Å². The minimum Gasteiger partial charge on any atom is -0.299 e. The van der Waals surface area contributed by atoms with Crippen LogP contribution < -0.4 is 0 Å². The van der Waals surface area contributed by atoms with E-state index in [-0.39, 0.29) is 5.78 Å². The molecule has 2 rings (SSSR count). The highest BCUT2D eigenvalue weighted by Gasteiger charge is 2.09. The van der Waals surface area contributed by atoms with Gasteiger partial charge in [0.15, 0.2) is 5.78 Å². The number of carbonyl (C=O) groups is 1. The van der Waals surface area contributed by atoms with Gasteiger partial charge < -0.3 is 0 Å². The fourth-order valence-electron chi connectivity index (χ4n) is 2.23. The van der Waals surface area contributed by atoms with Crippen LogP contribution in [0.25, 0.3) is 0 Å². The number of nitrogens with zero attached hydrogens (tertiary/aromatic N) is 1. The van der Waals surface area contributed by atoms with Crippen LogP contribution in [-0.2, 0) is 6.54 Å². The van der Waals surface area contributed by atoms with Gasteiger partial charge in [-0.1, -0.05) is 48.9 Å². The lowest BCUT2D eigenvalue weighted by molar-refractivity contribution is 0.0963. The molecule has 0 bridgehead atoms. The van der Waals surface area contributed by atoms with E-state index in [4.69, 9.17) is 11.6 Å². The molecule has 0 saturated heterocycles. The zero-order valence-corrected chi connectivity index (χ0v) is 13.0. The van der Waals surface area contributed by atoms with Gasteiger partial charge in [0.05, 0.1) is 0 Å². The number of hydrogen-bond donors (Lipinski definition) is 0. The zero-order chi connectivity index (χ0) is 15.1. The summed E-state index contributed by atoms with van der Waals surface area (Å²) in [5, 5.41) is 0.658. The first kappa shape index (κ1) is 15.7. The third-order valence-electron chi connectivity index (χ3n) is 3.52. The van der Waals surface area contributed by atoms with Crippen LogP contribution in [-0.4, -0.2) is 23.8 Å². The molecule has 0 aromatic heterocycles. The summed E-state index contributed by atoms with van der Waals surface area (Å²) in [6, 6.07) is 17.4. The van der Waals surface area contributed by atoms with Crippen LogP contribution in [0.5, 0.6) is 0 Å². The van der Waals surface area contributed by atoms with E-state index in [0.29, 0.717) is 11.4 Å². The molecule has 0 unspecified atom stereocenters. The molecule has 0 spiro atoms. The summed E-state index contributed by atoms with van der Waals surface area (Å²) in [6.45, 7) is 4.70. The topological polar surface area (TPSA) is 20.3 Å². The van der Waals surface area contributed by atoms with Gasteiger partial charge in [0, 0.05) is 30.1 Å². The van der Waals surface area contributed by atoms with Crippen molar-refractivity contribution in [3.05, 3.63) is 70.7 Å². The molecule has 0 radical (unpaired) electrons. The lowest BCUT2D eigenvalue weighted by Gasteiger charge is -2.20. The number of Topliss-reactive ketones (excluding diaryl/α,β-unsaturated/α-hetero) is 1. The van der Waals surface area contributed by atoms with E-state index in [2.05, 4.69) is 24.0 Å². The Balaban J connectivity index is 1.88. The molecule has 0 aliphatic heterocycles. The molecule has 110 valence electrons. The van der Waals surface area contributed by atoms with Crippen LogP contribution in [0.3, 0.4) is 0 Å². The Morgan fingerprint density at radius 1 is 1.05 bits per heavy atom. The molecule has 3 heteroatoms. The fraction of sp³-hybridized carbons (Fsp3) is 0.278. The second-order valence-electron chi connectivity index (χ2n) is 5.03. The van der Waals surface area contributed by atoms with Gasteiger partial charge in [-0.3, -0.25) is 9.69 Å². The van der Waals surface area contributed by atoms with Gasteiger partial charge in [-0.25, -0.2) is 0 Å². The minimum absolute atomic E-state index is 0.165. The third-order valence-corrected chi connectivity index (χ3v) is 3.77. The van der Waals surface area contributed by atoms with Crippen LogP contribution in [0.15, 0.2) is 54.6 Å². The number of benzene rings is 2. The first-order valence-electron chi connectivity index (χ1n) is 7.24. The lowest BCUT2D eigenvalue weighted by Crippen LogP contribution is -2.25. The molecule has 21 heavy (non-hydrogen) atoms. The van der Waals surface area contributed by atoms with E-state index in [1.807, 2.05) is 18.2 Å². The molecule has 2 nitrogen and oxygen atoms in total. The normalized spacial score (nSPS) is 10.8. The van der Waals surface area contributed by atoms with Crippen molar-refractivity contribution >= 4 is 17.4 Å². The monoisotopic (exact) mass is 301 g/mol. The van der Waals surface area contributed by atoms with Crippen LogP contribution in [0.2, 0.25) is 5.02 Å². The number of carbonyl (C=O) groups excluding carboxylic acids is 1. The molecule has 0 fully saturated rings. The predicted octanol–water partition coefficient (Wildman–Crippen LogP) is 4.43. The quantitative estimate of drug-likeness (QED) is 0.705. The first-order valence-corrected chi connectivity index (χ1v) is 7.62. The van der Waals surface area contributed by atoms with Gasteiger partial charge >= 0.3 is 0 Å². The summed E-state index contributed by atoms with van der Waals surface area (Å²) >= 11 is 5.84. The van der Waals surface area contributed by atoms with Crippen molar-refractivity contribution < 1.29 is 4.79 Å². The van der Waals surface area contributed by atoms with E-state index in [1.165, 1.54) is 5.56 Å². The highest BCUT2D eigenvalue weighted by Crippen LogP contribution is 2.12. The van der Waals surface area contributed by atoms with Crippen molar-refractivity contribution in [3.63, 3.8) is 0 Å². The summed E-state index contributed by atoms with van der Waals surface area (Å²) in [5.41, 5.74) is 2.01. The molecule has 0 aliphatic carbocycles. The third kappa shape index (κ3) is 5.00. The van der Waals surface area contributed by atoms with Crippen molar-refractivity contribution in [1.29, 1.82) is 0 Å². The molecule has 0 heterocycles. The fourth-order valence-corrected chi connectivity index (χ4v) is 2.36. The van der Waals surface area contributed by atoms with Gasteiger partial charge in [0.25, 0.3) is 0 Å². The van der Waals surface area contributed by atoms with E-state index < -0.39 is 0 Å². The highest BCUT2D eigenvalue weighted by molar-refractivity contribution is 6.30. The Labute approximate surface area is 131 Å². The Morgan fingerprint density at radius 3 is 2.33 bits per heavy atom. The van der Waals surface area contributed by atoms with Crippen molar-refractivity contribution in [3.8, 4) is 0 Å². The molecule has 0 atom stereocenters. The summed E-state index contributed by atoms with van der Waals surface area (Å²) in [7, 11) is 0. The number of rotatable bonds is 7. The number of hydrogen-bond acceptors (Lipinski definition) is 2. The summed E-state index contributed by atoms with van der Waals surface area (Å²) in [4.78, 5) is 14.4. The highest BCUT2D eigenvalue weighted by atomic mass is 35.5. The van der Waals surface area contributed by atoms with Crippen molar-refractivity contribution in [1.82, 2.24) is 4.90 Å². The zero-order valence-electron chi connectivity index (χ0n) is 12.3. The molecular formula is C18H20ClNO. The summed E-state index contributed by atoms with van der Waals surface area (Å²) in [5.74, 6) is 0.165. The van der Waals surface area contributed by atoms with Gasteiger partial charge in [-0.15, -0.1) is 0 Å². The van der Waals surface area contributed by atoms with E-state index in [0.717, 1.165) is 25.2 Å². The molecular weight excluding hydrogens is 282 g/mol. The first-order chi connectivity index (χ1) is 10.2. The number of halogens is 1. The Bertz CT molecular complexity index is 566. The van der Waals surface area contributed by atoms with Crippen LogP contribution in [0.4, 0.5) is 0 Å². The molecule has 0 saturated carbocycles. The van der Waals surface area contributed by atoms with Gasteiger partial charge in [0.2, 0.25) is 0 Å². The van der Waals surface area contributed by atoms with Crippen molar-refractivity contribution in [2.75, 3.05) is 13.1 Å². The van der Waals surface area contributed by atoms with Gasteiger partial charge in [-0.2, -0.15) is 0 Å². The van der Waals surface area contributed by atoms with E-state index >= 15 is 0 Å². The van der Waals surface area contributed by atoms with Gasteiger partial charge in [0.1, 0.15) is 0 Å². The minimum atomic E-state index is 0.165.